The standard InChI is InChI=1S/C41H29N3O/c1-41(2)31-22-12-13-23-34(31)44(40-42-32(26-15-5-3-6-16-26)25-33(43-40)27-17-7-4-8-18-27)38-37(41)29-20-10-9-19-28(29)36-30-21-11-14-24-35(30)45-39(36)38/h3-25H,1-2H3. The number of rotatable bonds is 3. The second kappa shape index (κ2) is 9.63. The number of aromatic nitrogens is 2. The van der Waals surface area contributed by atoms with Crippen molar-refractivity contribution in [2.45, 2.75) is 19.3 Å². The van der Waals surface area contributed by atoms with E-state index >= 15 is 0 Å². The summed E-state index contributed by atoms with van der Waals surface area (Å²) in [4.78, 5) is 12.9. The molecule has 4 nitrogen and oxygen atoms in total. The van der Waals surface area contributed by atoms with E-state index in [0.717, 1.165) is 55.8 Å². The Morgan fingerprint density at radius 2 is 1.13 bits per heavy atom. The molecule has 45 heavy (non-hydrogen) atoms. The van der Waals surface area contributed by atoms with E-state index < -0.39 is 0 Å². The van der Waals surface area contributed by atoms with Crippen LogP contribution in [0.3, 0.4) is 0 Å². The van der Waals surface area contributed by atoms with E-state index in [9.17, 15) is 0 Å². The Morgan fingerprint density at radius 3 is 1.82 bits per heavy atom. The van der Waals surface area contributed by atoms with Crippen LogP contribution in [0, 0.1) is 0 Å². The lowest BCUT2D eigenvalue weighted by molar-refractivity contribution is 0.628. The molecule has 0 radical (unpaired) electrons. The fourth-order valence-corrected chi connectivity index (χ4v) is 7.19. The topological polar surface area (TPSA) is 42.2 Å². The van der Waals surface area contributed by atoms with Crippen molar-refractivity contribution in [3.63, 3.8) is 0 Å². The molecule has 0 spiro atoms. The van der Waals surface area contributed by atoms with Crippen LogP contribution >= 0.6 is 0 Å². The Hall–Kier alpha value is -5.74. The maximum Gasteiger partial charge on any atom is 0.235 e. The average molecular weight is 580 g/mol. The molecule has 0 bridgehead atoms. The number of furan rings is 1. The summed E-state index contributed by atoms with van der Waals surface area (Å²) in [5, 5.41) is 4.61. The van der Waals surface area contributed by atoms with Crippen LogP contribution in [0.4, 0.5) is 17.3 Å². The Kier molecular flexibility index (Phi) is 5.51. The first-order valence-electron chi connectivity index (χ1n) is 15.4. The maximum absolute atomic E-state index is 6.85. The zero-order chi connectivity index (χ0) is 30.1. The second-order valence-electron chi connectivity index (χ2n) is 12.2. The molecule has 9 rings (SSSR count). The minimum Gasteiger partial charge on any atom is -0.454 e. The highest BCUT2D eigenvalue weighted by Crippen LogP contribution is 2.57. The minimum atomic E-state index is -0.325. The number of hydrogen-bond acceptors (Lipinski definition) is 4. The minimum absolute atomic E-state index is 0.325. The van der Waals surface area contributed by atoms with Crippen LogP contribution in [0.1, 0.15) is 25.0 Å². The molecular formula is C41H29N3O. The third-order valence-electron chi connectivity index (χ3n) is 9.23. The van der Waals surface area contributed by atoms with Gasteiger partial charge in [0.15, 0.2) is 5.58 Å². The third-order valence-corrected chi connectivity index (χ3v) is 9.23. The van der Waals surface area contributed by atoms with Crippen LogP contribution in [-0.4, -0.2) is 9.97 Å². The summed E-state index contributed by atoms with van der Waals surface area (Å²) in [5.74, 6) is 0.608. The number of fused-ring (bicyclic) bond motifs is 9. The molecule has 0 atom stereocenters. The van der Waals surface area contributed by atoms with Crippen molar-refractivity contribution in [1.82, 2.24) is 9.97 Å². The lowest BCUT2D eigenvalue weighted by Crippen LogP contribution is -2.32. The van der Waals surface area contributed by atoms with Crippen molar-refractivity contribution in [2.24, 2.45) is 0 Å². The van der Waals surface area contributed by atoms with Gasteiger partial charge in [0.1, 0.15) is 5.58 Å². The summed E-state index contributed by atoms with van der Waals surface area (Å²) in [5.41, 5.74) is 9.67. The van der Waals surface area contributed by atoms with Gasteiger partial charge in [-0.3, -0.25) is 4.90 Å². The van der Waals surface area contributed by atoms with Crippen LogP contribution in [0.5, 0.6) is 0 Å². The third kappa shape index (κ3) is 3.79. The van der Waals surface area contributed by atoms with E-state index in [1.165, 1.54) is 21.9 Å². The predicted molar refractivity (Wildman–Crippen MR) is 184 cm³/mol. The van der Waals surface area contributed by atoms with Gasteiger partial charge in [-0.1, -0.05) is 135 Å². The molecule has 0 saturated heterocycles. The highest BCUT2D eigenvalue weighted by atomic mass is 16.3. The van der Waals surface area contributed by atoms with Gasteiger partial charge in [-0.15, -0.1) is 0 Å². The van der Waals surface area contributed by atoms with Crippen LogP contribution in [0.2, 0.25) is 0 Å². The van der Waals surface area contributed by atoms with Crippen molar-refractivity contribution in [2.75, 3.05) is 4.90 Å². The Morgan fingerprint density at radius 1 is 0.578 bits per heavy atom. The number of para-hydroxylation sites is 2. The Bertz CT molecular complexity index is 2350. The monoisotopic (exact) mass is 579 g/mol. The highest BCUT2D eigenvalue weighted by molar-refractivity contribution is 6.25. The van der Waals surface area contributed by atoms with Crippen LogP contribution in [0.15, 0.2) is 144 Å². The fourth-order valence-electron chi connectivity index (χ4n) is 7.19. The number of hydrogen-bond donors (Lipinski definition) is 0. The van der Waals surface area contributed by atoms with Gasteiger partial charge in [0.05, 0.1) is 22.8 Å². The summed E-state index contributed by atoms with van der Waals surface area (Å²) in [6.07, 6.45) is 0. The molecule has 0 amide bonds. The van der Waals surface area contributed by atoms with E-state index in [2.05, 4.69) is 140 Å². The van der Waals surface area contributed by atoms with E-state index in [-0.39, 0.29) is 5.41 Å². The van der Waals surface area contributed by atoms with Crippen LogP contribution in [-0.2, 0) is 5.41 Å². The quantitative estimate of drug-likeness (QED) is 0.209. The summed E-state index contributed by atoms with van der Waals surface area (Å²) in [6, 6.07) is 48.5. The molecule has 0 N–H and O–H groups in total. The largest absolute Gasteiger partial charge is 0.454 e. The number of benzene rings is 6. The average Bonchev–Trinajstić information content (AvgIpc) is 3.49. The smallest absolute Gasteiger partial charge is 0.235 e. The first-order chi connectivity index (χ1) is 22.1. The molecule has 8 aromatic rings. The first-order valence-corrected chi connectivity index (χ1v) is 15.4. The summed E-state index contributed by atoms with van der Waals surface area (Å²) < 4.78 is 6.85. The molecule has 0 saturated carbocycles. The summed E-state index contributed by atoms with van der Waals surface area (Å²) in [7, 11) is 0. The van der Waals surface area contributed by atoms with E-state index in [0.29, 0.717) is 5.95 Å². The van der Waals surface area contributed by atoms with Crippen LogP contribution in [0.25, 0.3) is 55.2 Å². The van der Waals surface area contributed by atoms with Gasteiger partial charge in [-0.25, -0.2) is 9.97 Å². The molecule has 2 aromatic heterocycles. The lowest BCUT2D eigenvalue weighted by Gasteiger charge is -2.41. The van der Waals surface area contributed by atoms with Gasteiger partial charge in [-0.05, 0) is 40.1 Å². The van der Waals surface area contributed by atoms with Crippen molar-refractivity contribution in [3.8, 4) is 22.5 Å². The molecule has 0 fully saturated rings. The maximum atomic E-state index is 6.85. The van der Waals surface area contributed by atoms with Gasteiger partial charge in [-0.2, -0.15) is 0 Å². The zero-order valence-electron chi connectivity index (χ0n) is 25.0. The molecule has 4 heteroatoms. The zero-order valence-corrected chi connectivity index (χ0v) is 25.0. The lowest BCUT2D eigenvalue weighted by atomic mass is 9.71. The molecule has 3 heterocycles. The summed E-state index contributed by atoms with van der Waals surface area (Å²) in [6.45, 7) is 4.64. The summed E-state index contributed by atoms with van der Waals surface area (Å²) >= 11 is 0. The molecular weight excluding hydrogens is 550 g/mol. The van der Waals surface area contributed by atoms with Crippen molar-refractivity contribution >= 4 is 50.0 Å². The number of anilines is 3. The highest BCUT2D eigenvalue weighted by Gasteiger charge is 2.42. The van der Waals surface area contributed by atoms with Crippen LogP contribution < -0.4 is 4.90 Å². The SMILES string of the molecule is CC1(C)c2ccccc2N(c2nc(-c3ccccc3)cc(-c3ccccc3)n2)c2c1c1ccccc1c1c2oc2ccccc21. The van der Waals surface area contributed by atoms with Crippen molar-refractivity contribution in [1.29, 1.82) is 0 Å². The van der Waals surface area contributed by atoms with E-state index in [1.54, 1.807) is 0 Å². The molecule has 1 aliphatic heterocycles. The van der Waals surface area contributed by atoms with Gasteiger partial charge in [0.25, 0.3) is 0 Å². The van der Waals surface area contributed by atoms with Gasteiger partial charge in [0.2, 0.25) is 5.95 Å². The number of nitrogens with zero attached hydrogens (tertiary/aromatic N) is 3. The van der Waals surface area contributed by atoms with Crippen molar-refractivity contribution in [3.05, 3.63) is 151 Å². The van der Waals surface area contributed by atoms with Gasteiger partial charge in [0, 0.05) is 27.3 Å². The Balaban J connectivity index is 1.45. The van der Waals surface area contributed by atoms with Crippen molar-refractivity contribution < 1.29 is 4.42 Å². The molecule has 1 aliphatic rings. The first kappa shape index (κ1) is 25.7. The second-order valence-corrected chi connectivity index (χ2v) is 12.2. The normalized spacial score (nSPS) is 13.7. The van der Waals surface area contributed by atoms with E-state index in [1.807, 2.05) is 18.2 Å². The predicted octanol–water partition coefficient (Wildman–Crippen LogP) is 11.0. The van der Waals surface area contributed by atoms with Gasteiger partial charge >= 0.3 is 0 Å². The van der Waals surface area contributed by atoms with Gasteiger partial charge < -0.3 is 4.42 Å². The van der Waals surface area contributed by atoms with E-state index in [4.69, 9.17) is 14.4 Å². The fraction of sp³-hybridized carbons (Fsp3) is 0.0732. The molecule has 6 aromatic carbocycles. The molecule has 0 unspecified atom stereocenters. The molecule has 0 aliphatic carbocycles. The molecule has 214 valence electrons. The Labute approximate surface area is 261 Å².